The molecule has 0 aromatic heterocycles. The van der Waals surface area contributed by atoms with Crippen LogP contribution < -0.4 is 9.47 Å². The minimum absolute atomic E-state index is 0.0210. The number of ether oxygens (including phenoxy) is 2. The Labute approximate surface area is 177 Å². The molecule has 156 valence electrons. The standard InChI is InChI=1S/C25H28N2O3/c1-18-14-27(25(28)24(18)19-8-3-2-4-9-19)20-10-7-13-26(15-20)16-21-17-29-22-11-5-6-12-23(22)30-21/h2-6,8-9,11-12,20-21H,7,10,13-17H2,1H3/t20-,21-/m0/s1. The summed E-state index contributed by atoms with van der Waals surface area (Å²) in [5, 5.41) is 0. The number of hydrogen-bond donors (Lipinski definition) is 0. The second kappa shape index (κ2) is 8.15. The van der Waals surface area contributed by atoms with E-state index < -0.39 is 0 Å². The number of benzene rings is 2. The van der Waals surface area contributed by atoms with Crippen LogP contribution in [0.25, 0.3) is 5.57 Å². The molecule has 30 heavy (non-hydrogen) atoms. The molecule has 2 atom stereocenters. The fourth-order valence-corrected chi connectivity index (χ4v) is 4.89. The maximum absolute atomic E-state index is 13.3. The molecule has 0 unspecified atom stereocenters. The van der Waals surface area contributed by atoms with Gasteiger partial charge < -0.3 is 14.4 Å². The van der Waals surface area contributed by atoms with E-state index in [-0.39, 0.29) is 18.1 Å². The zero-order valence-electron chi connectivity index (χ0n) is 17.4. The van der Waals surface area contributed by atoms with Crippen LogP contribution in [0.3, 0.4) is 0 Å². The van der Waals surface area contributed by atoms with Crippen LogP contribution in [0, 0.1) is 0 Å². The summed E-state index contributed by atoms with van der Waals surface area (Å²) in [5.74, 6) is 1.82. The lowest BCUT2D eigenvalue weighted by Gasteiger charge is -2.39. The highest BCUT2D eigenvalue weighted by atomic mass is 16.6. The van der Waals surface area contributed by atoms with E-state index in [1.54, 1.807) is 0 Å². The number of fused-ring (bicyclic) bond motifs is 1. The molecular weight excluding hydrogens is 376 g/mol. The van der Waals surface area contributed by atoms with Crippen molar-refractivity contribution in [1.29, 1.82) is 0 Å². The van der Waals surface area contributed by atoms with Crippen molar-refractivity contribution >= 4 is 11.5 Å². The quantitative estimate of drug-likeness (QED) is 0.781. The van der Waals surface area contributed by atoms with Crippen molar-refractivity contribution < 1.29 is 14.3 Å². The molecule has 0 aliphatic carbocycles. The maximum Gasteiger partial charge on any atom is 0.255 e. The minimum atomic E-state index is 0.0210. The fourth-order valence-electron chi connectivity index (χ4n) is 4.89. The number of amides is 1. The molecule has 0 spiro atoms. The van der Waals surface area contributed by atoms with Crippen molar-refractivity contribution in [3.63, 3.8) is 0 Å². The van der Waals surface area contributed by atoms with Crippen molar-refractivity contribution in [2.24, 2.45) is 0 Å². The summed E-state index contributed by atoms with van der Waals surface area (Å²) >= 11 is 0. The molecule has 1 amide bonds. The summed E-state index contributed by atoms with van der Waals surface area (Å²) in [5.41, 5.74) is 3.08. The predicted molar refractivity (Wildman–Crippen MR) is 117 cm³/mol. The highest BCUT2D eigenvalue weighted by molar-refractivity contribution is 6.22. The van der Waals surface area contributed by atoms with Crippen molar-refractivity contribution in [3.05, 3.63) is 65.7 Å². The Morgan fingerprint density at radius 1 is 1.03 bits per heavy atom. The Hall–Kier alpha value is -2.79. The van der Waals surface area contributed by atoms with Gasteiger partial charge in [0.05, 0.1) is 0 Å². The third-order valence-electron chi connectivity index (χ3n) is 6.32. The lowest BCUT2D eigenvalue weighted by molar-refractivity contribution is -0.126. The number of likely N-dealkylation sites (tertiary alicyclic amines) is 1. The number of hydrogen-bond acceptors (Lipinski definition) is 4. The van der Waals surface area contributed by atoms with Crippen molar-refractivity contribution in [2.45, 2.75) is 31.9 Å². The summed E-state index contributed by atoms with van der Waals surface area (Å²) in [4.78, 5) is 17.8. The molecule has 5 rings (SSSR count). The number of rotatable bonds is 4. The largest absolute Gasteiger partial charge is 0.486 e. The molecule has 2 aromatic rings. The Morgan fingerprint density at radius 3 is 2.63 bits per heavy atom. The summed E-state index contributed by atoms with van der Waals surface area (Å²) in [6.07, 6.45) is 2.17. The van der Waals surface area contributed by atoms with E-state index in [9.17, 15) is 4.79 Å². The third-order valence-corrected chi connectivity index (χ3v) is 6.32. The minimum Gasteiger partial charge on any atom is -0.486 e. The highest BCUT2D eigenvalue weighted by Gasteiger charge is 2.36. The van der Waals surface area contributed by atoms with E-state index in [0.717, 1.165) is 61.7 Å². The van der Waals surface area contributed by atoms with Gasteiger partial charge in [-0.3, -0.25) is 9.69 Å². The second-order valence-corrected chi connectivity index (χ2v) is 8.51. The van der Waals surface area contributed by atoms with Gasteiger partial charge in [0, 0.05) is 31.2 Å². The molecule has 3 aliphatic heterocycles. The van der Waals surface area contributed by atoms with Crippen molar-refractivity contribution in [2.75, 3.05) is 32.8 Å². The summed E-state index contributed by atoms with van der Waals surface area (Å²) < 4.78 is 12.0. The first-order chi connectivity index (χ1) is 14.7. The van der Waals surface area contributed by atoms with Gasteiger partial charge in [0.25, 0.3) is 5.91 Å². The van der Waals surface area contributed by atoms with Gasteiger partial charge in [-0.15, -0.1) is 0 Å². The van der Waals surface area contributed by atoms with Gasteiger partial charge in [-0.2, -0.15) is 0 Å². The van der Waals surface area contributed by atoms with Crippen molar-refractivity contribution in [3.8, 4) is 11.5 Å². The molecule has 0 N–H and O–H groups in total. The van der Waals surface area contributed by atoms with Gasteiger partial charge in [0.15, 0.2) is 11.5 Å². The van der Waals surface area contributed by atoms with Crippen LogP contribution in [-0.2, 0) is 4.79 Å². The van der Waals surface area contributed by atoms with Crippen LogP contribution in [0.2, 0.25) is 0 Å². The fraction of sp³-hybridized carbons (Fsp3) is 0.400. The average Bonchev–Trinajstić information content (AvgIpc) is 3.08. The predicted octanol–water partition coefficient (Wildman–Crippen LogP) is 3.61. The molecule has 0 saturated carbocycles. The number of piperidine rings is 1. The molecule has 2 aromatic carbocycles. The number of nitrogens with zero attached hydrogens (tertiary/aromatic N) is 2. The van der Waals surface area contributed by atoms with Gasteiger partial charge in [-0.1, -0.05) is 42.5 Å². The van der Waals surface area contributed by atoms with Gasteiger partial charge in [-0.25, -0.2) is 0 Å². The van der Waals surface area contributed by atoms with Gasteiger partial charge in [0.1, 0.15) is 12.7 Å². The van der Waals surface area contributed by atoms with E-state index in [0.29, 0.717) is 6.61 Å². The number of carbonyl (C=O) groups is 1. The second-order valence-electron chi connectivity index (χ2n) is 8.51. The topological polar surface area (TPSA) is 42.0 Å². The SMILES string of the molecule is CC1=C(c2ccccc2)C(=O)N([C@H]2CCCN(C[C@H]3COc4ccccc4O3)C2)C1. The van der Waals surface area contributed by atoms with E-state index in [2.05, 4.69) is 16.7 Å². The third kappa shape index (κ3) is 3.70. The van der Waals surface area contributed by atoms with Crippen LogP contribution in [0.15, 0.2) is 60.2 Å². The Bertz CT molecular complexity index is 956. The molecule has 0 radical (unpaired) electrons. The van der Waals surface area contributed by atoms with Crippen LogP contribution in [0.4, 0.5) is 0 Å². The monoisotopic (exact) mass is 404 g/mol. The molecule has 1 fully saturated rings. The summed E-state index contributed by atoms with van der Waals surface area (Å²) in [6.45, 7) is 6.15. The van der Waals surface area contributed by atoms with Crippen molar-refractivity contribution in [1.82, 2.24) is 9.80 Å². The Kier molecular flexibility index (Phi) is 5.21. The Balaban J connectivity index is 1.23. The van der Waals surface area contributed by atoms with Gasteiger partial charge >= 0.3 is 0 Å². The lowest BCUT2D eigenvalue weighted by Crippen LogP contribution is -2.52. The summed E-state index contributed by atoms with van der Waals surface area (Å²) in [7, 11) is 0. The molecule has 3 aliphatic rings. The first kappa shape index (κ1) is 19.2. The van der Waals surface area contributed by atoms with E-state index in [4.69, 9.17) is 9.47 Å². The molecule has 3 heterocycles. The van der Waals surface area contributed by atoms with Crippen LogP contribution in [0.5, 0.6) is 11.5 Å². The zero-order valence-corrected chi connectivity index (χ0v) is 17.4. The van der Waals surface area contributed by atoms with Crippen LogP contribution >= 0.6 is 0 Å². The van der Waals surface area contributed by atoms with E-state index >= 15 is 0 Å². The summed E-state index contributed by atoms with van der Waals surface area (Å²) in [6, 6.07) is 18.1. The molecule has 5 heteroatoms. The molecule has 0 bridgehead atoms. The van der Waals surface area contributed by atoms with Gasteiger partial charge in [0.2, 0.25) is 0 Å². The Morgan fingerprint density at radius 2 is 1.80 bits per heavy atom. The first-order valence-electron chi connectivity index (χ1n) is 10.9. The maximum atomic E-state index is 13.3. The average molecular weight is 405 g/mol. The lowest BCUT2D eigenvalue weighted by atomic mass is 10.0. The molecule has 5 nitrogen and oxygen atoms in total. The van der Waals surface area contributed by atoms with E-state index in [1.165, 1.54) is 5.57 Å². The first-order valence-corrected chi connectivity index (χ1v) is 10.9. The number of para-hydroxylation sites is 2. The zero-order chi connectivity index (χ0) is 20.5. The van der Waals surface area contributed by atoms with E-state index in [1.807, 2.05) is 54.6 Å². The smallest absolute Gasteiger partial charge is 0.255 e. The highest BCUT2D eigenvalue weighted by Crippen LogP contribution is 2.33. The van der Waals surface area contributed by atoms with Crippen LogP contribution in [-0.4, -0.2) is 60.6 Å². The van der Waals surface area contributed by atoms with Gasteiger partial charge in [-0.05, 0) is 49.6 Å². The molecule has 1 saturated heterocycles. The van der Waals surface area contributed by atoms with Crippen LogP contribution in [0.1, 0.15) is 25.3 Å². The molecular formula is C25H28N2O3. The normalized spacial score (nSPS) is 24.4. The number of carbonyl (C=O) groups excluding carboxylic acids is 1.